The van der Waals surface area contributed by atoms with Crippen molar-refractivity contribution in [1.82, 2.24) is 19.8 Å². The van der Waals surface area contributed by atoms with E-state index in [9.17, 15) is 14.7 Å². The number of carbonyl (C=O) groups is 2. The lowest BCUT2D eigenvalue weighted by Crippen LogP contribution is -2.47. The van der Waals surface area contributed by atoms with E-state index in [1.54, 1.807) is 28.4 Å². The van der Waals surface area contributed by atoms with Crippen molar-refractivity contribution in [1.29, 1.82) is 0 Å². The molecular weight excluding hydrogens is 356 g/mol. The Balaban J connectivity index is 1.35. The summed E-state index contributed by atoms with van der Waals surface area (Å²) in [5.41, 5.74) is 0.671. The maximum absolute atomic E-state index is 12.9. The zero-order chi connectivity index (χ0) is 19.6. The van der Waals surface area contributed by atoms with Gasteiger partial charge in [-0.2, -0.15) is 0 Å². The predicted octanol–water partition coefficient (Wildman–Crippen LogP) is 1.34. The lowest BCUT2D eigenvalue weighted by molar-refractivity contribution is -0.140. The van der Waals surface area contributed by atoms with Crippen LogP contribution in [0.3, 0.4) is 0 Å². The number of likely N-dealkylation sites (tertiary alicyclic amines) is 2. The second-order valence-electron chi connectivity index (χ2n) is 7.59. The Kier molecular flexibility index (Phi) is 5.09. The molecule has 2 fully saturated rings. The number of pyridine rings is 2. The molecule has 2 aliphatic heterocycles. The van der Waals surface area contributed by atoms with Gasteiger partial charge in [0.25, 0.3) is 0 Å². The highest BCUT2D eigenvalue weighted by Gasteiger charge is 2.40. The minimum Gasteiger partial charge on any atom is -0.385 e. The molecule has 2 aliphatic rings. The Morgan fingerprint density at radius 2 is 2.00 bits per heavy atom. The number of rotatable bonds is 4. The molecule has 0 radical (unpaired) electrons. The molecule has 2 aromatic rings. The maximum atomic E-state index is 12.9. The Labute approximate surface area is 164 Å². The van der Waals surface area contributed by atoms with Crippen molar-refractivity contribution < 1.29 is 14.7 Å². The van der Waals surface area contributed by atoms with Crippen LogP contribution >= 0.6 is 0 Å². The van der Waals surface area contributed by atoms with Gasteiger partial charge in [0.2, 0.25) is 11.8 Å². The number of aromatic nitrogens is 2. The minimum atomic E-state index is -0.943. The third kappa shape index (κ3) is 3.75. The molecule has 1 atom stereocenters. The summed E-state index contributed by atoms with van der Waals surface area (Å²) < 4.78 is 0. The summed E-state index contributed by atoms with van der Waals surface area (Å²) in [7, 11) is 0. The maximum Gasteiger partial charge on any atom is 0.227 e. The topological polar surface area (TPSA) is 86.6 Å². The molecule has 0 aromatic carbocycles. The lowest BCUT2D eigenvalue weighted by atomic mass is 9.85. The van der Waals surface area contributed by atoms with Crippen LogP contribution < -0.4 is 0 Å². The van der Waals surface area contributed by atoms with Gasteiger partial charge in [-0.05, 0) is 31.0 Å². The third-order valence-corrected chi connectivity index (χ3v) is 5.74. The van der Waals surface area contributed by atoms with Crippen LogP contribution in [0, 0.1) is 5.92 Å². The fourth-order valence-electron chi connectivity index (χ4n) is 4.06. The predicted molar refractivity (Wildman–Crippen MR) is 102 cm³/mol. The molecule has 2 saturated heterocycles. The summed E-state index contributed by atoms with van der Waals surface area (Å²) in [4.78, 5) is 37.1. The molecule has 1 N–H and O–H groups in total. The van der Waals surface area contributed by atoms with Gasteiger partial charge in [-0.25, -0.2) is 0 Å². The van der Waals surface area contributed by atoms with E-state index in [2.05, 4.69) is 9.97 Å². The Hall–Kier alpha value is -2.80. The summed E-state index contributed by atoms with van der Waals surface area (Å²) >= 11 is 0. The first-order valence-corrected chi connectivity index (χ1v) is 9.64. The zero-order valence-electron chi connectivity index (χ0n) is 15.7. The molecule has 0 aliphatic carbocycles. The molecule has 0 bridgehead atoms. The molecule has 0 saturated carbocycles. The van der Waals surface area contributed by atoms with E-state index in [-0.39, 0.29) is 24.2 Å². The summed E-state index contributed by atoms with van der Waals surface area (Å²) in [5, 5.41) is 10.9. The smallest absolute Gasteiger partial charge is 0.227 e. The van der Waals surface area contributed by atoms with Crippen molar-refractivity contribution >= 4 is 11.8 Å². The highest BCUT2D eigenvalue weighted by atomic mass is 16.3. The van der Waals surface area contributed by atoms with Gasteiger partial charge in [0.05, 0.1) is 23.8 Å². The number of aliphatic hydroxyl groups is 1. The minimum absolute atomic E-state index is 0.00473. The first kappa shape index (κ1) is 18.6. The first-order chi connectivity index (χ1) is 13.5. The monoisotopic (exact) mass is 380 g/mol. The van der Waals surface area contributed by atoms with Crippen molar-refractivity contribution in [3.63, 3.8) is 0 Å². The van der Waals surface area contributed by atoms with E-state index in [1.807, 2.05) is 30.3 Å². The molecule has 0 spiro atoms. The number of nitrogens with zero attached hydrogens (tertiary/aromatic N) is 4. The first-order valence-electron chi connectivity index (χ1n) is 9.64. The molecule has 28 heavy (non-hydrogen) atoms. The van der Waals surface area contributed by atoms with Crippen LogP contribution in [0.4, 0.5) is 0 Å². The Bertz CT molecular complexity index is 835. The molecule has 4 rings (SSSR count). The van der Waals surface area contributed by atoms with E-state index in [1.165, 1.54) is 0 Å². The quantitative estimate of drug-likeness (QED) is 0.865. The highest BCUT2D eigenvalue weighted by molar-refractivity contribution is 5.89. The fraction of sp³-hybridized carbons (Fsp3) is 0.429. The number of amides is 2. The van der Waals surface area contributed by atoms with Gasteiger partial charge in [0.1, 0.15) is 0 Å². The van der Waals surface area contributed by atoms with E-state index in [0.717, 1.165) is 11.3 Å². The van der Waals surface area contributed by atoms with Crippen LogP contribution in [0.25, 0.3) is 0 Å². The van der Waals surface area contributed by atoms with Crippen LogP contribution in [0.1, 0.15) is 30.5 Å². The molecule has 2 aromatic heterocycles. The standard InChI is InChI=1S/C21H24N4O3/c26-19-12-16(14-25(19)15-18-5-1-2-9-23-18)20(27)24-10-6-21(28,7-11-24)17-4-3-8-22-13-17/h1-5,8-9,13,16,28H,6-7,10-12,14-15H2/t16-/m1/s1. The highest BCUT2D eigenvalue weighted by Crippen LogP contribution is 2.33. The van der Waals surface area contributed by atoms with Crippen molar-refractivity contribution in [2.24, 2.45) is 5.92 Å². The summed E-state index contributed by atoms with van der Waals surface area (Å²) in [6.45, 7) is 1.83. The SMILES string of the molecule is O=C1C[C@@H](C(=O)N2CCC(O)(c3cccnc3)CC2)CN1Cc1ccccn1. The Morgan fingerprint density at radius 1 is 1.18 bits per heavy atom. The van der Waals surface area contributed by atoms with Crippen LogP contribution in [-0.4, -0.2) is 56.3 Å². The van der Waals surface area contributed by atoms with Gasteiger partial charge in [-0.15, -0.1) is 0 Å². The average molecular weight is 380 g/mol. The molecule has 146 valence electrons. The van der Waals surface area contributed by atoms with Crippen LogP contribution in [-0.2, 0) is 21.7 Å². The second-order valence-corrected chi connectivity index (χ2v) is 7.59. The van der Waals surface area contributed by atoms with E-state index < -0.39 is 5.60 Å². The normalized spacial score (nSPS) is 21.8. The molecule has 7 nitrogen and oxygen atoms in total. The van der Waals surface area contributed by atoms with Crippen molar-refractivity contribution in [3.05, 3.63) is 60.2 Å². The average Bonchev–Trinajstić information content (AvgIpc) is 3.10. The van der Waals surface area contributed by atoms with Crippen molar-refractivity contribution in [2.75, 3.05) is 19.6 Å². The van der Waals surface area contributed by atoms with Gasteiger partial charge in [0.15, 0.2) is 0 Å². The van der Waals surface area contributed by atoms with Crippen LogP contribution in [0.15, 0.2) is 48.9 Å². The molecule has 0 unspecified atom stereocenters. The summed E-state index contributed by atoms with van der Waals surface area (Å²) in [6, 6.07) is 9.29. The second kappa shape index (κ2) is 7.67. The lowest BCUT2D eigenvalue weighted by Gasteiger charge is -2.39. The molecule has 2 amide bonds. The van der Waals surface area contributed by atoms with Crippen LogP contribution in [0.5, 0.6) is 0 Å². The van der Waals surface area contributed by atoms with Crippen LogP contribution in [0.2, 0.25) is 0 Å². The zero-order valence-corrected chi connectivity index (χ0v) is 15.7. The van der Waals surface area contributed by atoms with E-state index >= 15 is 0 Å². The van der Waals surface area contributed by atoms with Gasteiger partial charge in [0, 0.05) is 50.2 Å². The van der Waals surface area contributed by atoms with E-state index in [0.29, 0.717) is 39.0 Å². The number of hydrogen-bond acceptors (Lipinski definition) is 5. The fourth-order valence-corrected chi connectivity index (χ4v) is 4.06. The van der Waals surface area contributed by atoms with Gasteiger partial charge in [-0.1, -0.05) is 12.1 Å². The molecule has 4 heterocycles. The molecule has 7 heteroatoms. The number of carbonyl (C=O) groups excluding carboxylic acids is 2. The Morgan fingerprint density at radius 3 is 2.68 bits per heavy atom. The summed E-state index contributed by atoms with van der Waals surface area (Å²) in [6.07, 6.45) is 6.26. The number of piperidine rings is 1. The van der Waals surface area contributed by atoms with Gasteiger partial charge < -0.3 is 14.9 Å². The molecular formula is C21H24N4O3. The van der Waals surface area contributed by atoms with E-state index in [4.69, 9.17) is 0 Å². The third-order valence-electron chi connectivity index (χ3n) is 5.74. The largest absolute Gasteiger partial charge is 0.385 e. The van der Waals surface area contributed by atoms with Crippen molar-refractivity contribution in [2.45, 2.75) is 31.4 Å². The van der Waals surface area contributed by atoms with Crippen molar-refractivity contribution in [3.8, 4) is 0 Å². The number of hydrogen-bond donors (Lipinski definition) is 1. The summed E-state index contributed by atoms with van der Waals surface area (Å²) in [5.74, 6) is -0.321. The van der Waals surface area contributed by atoms with Gasteiger partial charge >= 0.3 is 0 Å². The van der Waals surface area contributed by atoms with Gasteiger partial charge in [-0.3, -0.25) is 19.6 Å².